The lowest BCUT2D eigenvalue weighted by Gasteiger charge is -2.05. The van der Waals surface area contributed by atoms with Crippen molar-refractivity contribution >= 4 is 21.4 Å². The molecule has 0 bridgehead atoms. The van der Waals surface area contributed by atoms with Gasteiger partial charge in [0.15, 0.2) is 9.84 Å². The Kier molecular flexibility index (Phi) is 5.88. The number of sulfone groups is 1. The fourth-order valence-corrected chi connectivity index (χ4v) is 1.53. The lowest BCUT2D eigenvalue weighted by Crippen LogP contribution is -2.27. The SMILES string of the molecule is CCS(=O)(=O)CCNCC(C)Cl. The third kappa shape index (κ3) is 6.88. The highest BCUT2D eigenvalue weighted by molar-refractivity contribution is 7.91. The predicted molar refractivity (Wildman–Crippen MR) is 52.5 cm³/mol. The third-order valence-electron chi connectivity index (χ3n) is 1.46. The molecule has 74 valence electrons. The van der Waals surface area contributed by atoms with E-state index in [1.54, 1.807) is 6.92 Å². The first-order valence-corrected chi connectivity index (χ1v) is 6.29. The van der Waals surface area contributed by atoms with E-state index in [0.29, 0.717) is 13.1 Å². The monoisotopic (exact) mass is 213 g/mol. The van der Waals surface area contributed by atoms with Crippen LogP contribution < -0.4 is 5.32 Å². The molecule has 1 unspecified atom stereocenters. The Morgan fingerprint density at radius 2 is 2.08 bits per heavy atom. The molecule has 0 saturated carbocycles. The molecule has 0 spiro atoms. The molecule has 0 rings (SSSR count). The highest BCUT2D eigenvalue weighted by Gasteiger charge is 2.05. The van der Waals surface area contributed by atoms with Crippen molar-refractivity contribution in [1.82, 2.24) is 5.32 Å². The largest absolute Gasteiger partial charge is 0.314 e. The van der Waals surface area contributed by atoms with Gasteiger partial charge in [0.25, 0.3) is 0 Å². The molecule has 0 amide bonds. The molecular formula is C7H16ClNO2S. The van der Waals surface area contributed by atoms with Crippen LogP contribution in [0.15, 0.2) is 0 Å². The Hall–Kier alpha value is 0.200. The van der Waals surface area contributed by atoms with Crippen LogP contribution in [0, 0.1) is 0 Å². The first-order valence-electron chi connectivity index (χ1n) is 4.03. The van der Waals surface area contributed by atoms with Gasteiger partial charge in [-0.05, 0) is 6.92 Å². The molecule has 0 heterocycles. The molecule has 3 nitrogen and oxygen atoms in total. The zero-order valence-corrected chi connectivity index (χ0v) is 9.08. The number of hydrogen-bond donors (Lipinski definition) is 1. The molecule has 0 fully saturated rings. The van der Waals surface area contributed by atoms with Crippen LogP contribution in [-0.4, -0.2) is 38.4 Å². The summed E-state index contributed by atoms with van der Waals surface area (Å²) in [6, 6.07) is 0. The Morgan fingerprint density at radius 3 is 2.50 bits per heavy atom. The Balaban J connectivity index is 3.45. The number of alkyl halides is 1. The summed E-state index contributed by atoms with van der Waals surface area (Å²) < 4.78 is 21.9. The quantitative estimate of drug-likeness (QED) is 0.520. The lowest BCUT2D eigenvalue weighted by atomic mass is 10.5. The van der Waals surface area contributed by atoms with Crippen molar-refractivity contribution in [3.8, 4) is 0 Å². The van der Waals surface area contributed by atoms with Crippen molar-refractivity contribution in [2.45, 2.75) is 19.2 Å². The number of rotatable bonds is 6. The smallest absolute Gasteiger partial charge is 0.151 e. The van der Waals surface area contributed by atoms with Gasteiger partial charge in [-0.25, -0.2) is 8.42 Å². The first kappa shape index (κ1) is 12.2. The highest BCUT2D eigenvalue weighted by atomic mass is 35.5. The number of hydrogen-bond acceptors (Lipinski definition) is 3. The summed E-state index contributed by atoms with van der Waals surface area (Å²) in [6.45, 7) is 4.66. The average Bonchev–Trinajstić information content (AvgIpc) is 1.98. The van der Waals surface area contributed by atoms with E-state index in [4.69, 9.17) is 11.6 Å². The zero-order chi connectivity index (χ0) is 9.61. The van der Waals surface area contributed by atoms with Crippen molar-refractivity contribution in [2.24, 2.45) is 0 Å². The van der Waals surface area contributed by atoms with Crippen molar-refractivity contribution in [2.75, 3.05) is 24.6 Å². The van der Waals surface area contributed by atoms with Crippen molar-refractivity contribution in [1.29, 1.82) is 0 Å². The van der Waals surface area contributed by atoms with E-state index in [0.717, 1.165) is 0 Å². The Bertz CT molecular complexity index is 201. The molecule has 0 aliphatic rings. The van der Waals surface area contributed by atoms with Crippen LogP contribution in [0.4, 0.5) is 0 Å². The summed E-state index contributed by atoms with van der Waals surface area (Å²) in [6.07, 6.45) is 0. The highest BCUT2D eigenvalue weighted by Crippen LogP contribution is 1.90. The maximum Gasteiger partial charge on any atom is 0.151 e. The predicted octanol–water partition coefficient (Wildman–Crippen LogP) is 0.638. The van der Waals surface area contributed by atoms with Crippen molar-refractivity contribution in [3.63, 3.8) is 0 Å². The molecular weight excluding hydrogens is 198 g/mol. The molecule has 0 aliphatic heterocycles. The standard InChI is InChI=1S/C7H16ClNO2S/c1-3-12(10,11)5-4-9-6-7(2)8/h7,9H,3-6H2,1-2H3. The Morgan fingerprint density at radius 1 is 1.50 bits per heavy atom. The zero-order valence-electron chi connectivity index (χ0n) is 7.51. The fourth-order valence-electron chi connectivity index (χ4n) is 0.673. The molecule has 1 N–H and O–H groups in total. The van der Waals surface area contributed by atoms with E-state index in [9.17, 15) is 8.42 Å². The fraction of sp³-hybridized carbons (Fsp3) is 1.00. The van der Waals surface area contributed by atoms with Gasteiger partial charge in [-0.2, -0.15) is 0 Å². The molecule has 0 saturated heterocycles. The molecule has 5 heteroatoms. The van der Waals surface area contributed by atoms with Gasteiger partial charge in [-0.15, -0.1) is 11.6 Å². The second kappa shape index (κ2) is 5.78. The van der Waals surface area contributed by atoms with Crippen LogP contribution in [-0.2, 0) is 9.84 Å². The minimum absolute atomic E-state index is 0.0503. The van der Waals surface area contributed by atoms with Gasteiger partial charge in [0, 0.05) is 24.2 Å². The maximum absolute atomic E-state index is 11.0. The normalized spacial score (nSPS) is 14.6. The van der Waals surface area contributed by atoms with E-state index < -0.39 is 9.84 Å². The summed E-state index contributed by atoms with van der Waals surface area (Å²) in [5, 5.41) is 3.01. The van der Waals surface area contributed by atoms with Crippen LogP contribution >= 0.6 is 11.6 Å². The van der Waals surface area contributed by atoms with Gasteiger partial charge in [0.05, 0.1) is 5.75 Å². The van der Waals surface area contributed by atoms with Gasteiger partial charge < -0.3 is 5.32 Å². The van der Waals surface area contributed by atoms with Gasteiger partial charge in [-0.3, -0.25) is 0 Å². The third-order valence-corrected chi connectivity index (χ3v) is 3.32. The molecule has 12 heavy (non-hydrogen) atoms. The van der Waals surface area contributed by atoms with Crippen molar-refractivity contribution < 1.29 is 8.42 Å². The van der Waals surface area contributed by atoms with E-state index in [2.05, 4.69) is 5.32 Å². The molecule has 0 aromatic heterocycles. The van der Waals surface area contributed by atoms with Gasteiger partial charge in [0.2, 0.25) is 0 Å². The Labute approximate surface area is 79.4 Å². The summed E-state index contributed by atoms with van der Waals surface area (Å²) in [4.78, 5) is 0. The average molecular weight is 214 g/mol. The summed E-state index contributed by atoms with van der Waals surface area (Å²) in [5.74, 6) is 0.415. The minimum atomic E-state index is -2.82. The van der Waals surface area contributed by atoms with Crippen molar-refractivity contribution in [3.05, 3.63) is 0 Å². The lowest BCUT2D eigenvalue weighted by molar-refractivity contribution is 0.591. The number of halogens is 1. The minimum Gasteiger partial charge on any atom is -0.314 e. The maximum atomic E-state index is 11.0. The van der Waals surface area contributed by atoms with Crippen LogP contribution in [0.5, 0.6) is 0 Å². The van der Waals surface area contributed by atoms with Gasteiger partial charge in [-0.1, -0.05) is 6.92 Å². The summed E-state index contributed by atoms with van der Waals surface area (Å²) in [7, 11) is -2.82. The van der Waals surface area contributed by atoms with Gasteiger partial charge in [0.1, 0.15) is 0 Å². The molecule has 0 aliphatic carbocycles. The second-order valence-corrected chi connectivity index (χ2v) is 5.94. The first-order chi connectivity index (χ1) is 5.48. The number of nitrogens with one attached hydrogen (secondary N) is 1. The molecule has 0 aromatic carbocycles. The molecule has 0 radical (unpaired) electrons. The van der Waals surface area contributed by atoms with Crippen LogP contribution in [0.2, 0.25) is 0 Å². The summed E-state index contributed by atoms with van der Waals surface area (Å²) in [5.41, 5.74) is 0. The van der Waals surface area contributed by atoms with E-state index in [1.165, 1.54) is 0 Å². The van der Waals surface area contributed by atoms with E-state index >= 15 is 0 Å². The molecule has 0 aromatic rings. The van der Waals surface area contributed by atoms with Crippen LogP contribution in [0.3, 0.4) is 0 Å². The van der Waals surface area contributed by atoms with E-state index in [-0.39, 0.29) is 16.9 Å². The summed E-state index contributed by atoms with van der Waals surface area (Å²) >= 11 is 5.65. The second-order valence-electron chi connectivity index (χ2n) is 2.72. The topological polar surface area (TPSA) is 46.2 Å². The van der Waals surface area contributed by atoms with Gasteiger partial charge >= 0.3 is 0 Å². The van der Waals surface area contributed by atoms with Crippen LogP contribution in [0.1, 0.15) is 13.8 Å². The van der Waals surface area contributed by atoms with Crippen LogP contribution in [0.25, 0.3) is 0 Å². The van der Waals surface area contributed by atoms with E-state index in [1.807, 2.05) is 6.92 Å². The molecule has 1 atom stereocenters.